The number of rotatable bonds is 3. The van der Waals surface area contributed by atoms with E-state index in [2.05, 4.69) is 41.5 Å². The highest BCUT2D eigenvalue weighted by molar-refractivity contribution is 5.82. The van der Waals surface area contributed by atoms with Crippen LogP contribution in [0.3, 0.4) is 0 Å². The van der Waals surface area contributed by atoms with Crippen LogP contribution in [0.15, 0.2) is 6.20 Å². The van der Waals surface area contributed by atoms with E-state index in [1.54, 1.807) is 0 Å². The van der Waals surface area contributed by atoms with Crippen LogP contribution in [0.25, 0.3) is 11.0 Å². The average Bonchev–Trinajstić information content (AvgIpc) is 2.57. The maximum Gasteiger partial charge on any atom is 0.143 e. The summed E-state index contributed by atoms with van der Waals surface area (Å²) in [5.74, 6) is 1.27. The summed E-state index contributed by atoms with van der Waals surface area (Å²) >= 11 is 0. The van der Waals surface area contributed by atoms with Crippen LogP contribution in [0.5, 0.6) is 0 Å². The van der Waals surface area contributed by atoms with Crippen molar-refractivity contribution in [3.63, 3.8) is 0 Å². The summed E-state index contributed by atoms with van der Waals surface area (Å²) in [6.45, 7) is 6.94. The molecule has 0 radical (unpaired) electrons. The van der Waals surface area contributed by atoms with Gasteiger partial charge in [0.25, 0.3) is 0 Å². The van der Waals surface area contributed by atoms with E-state index in [1.807, 2.05) is 7.05 Å². The van der Waals surface area contributed by atoms with Crippen LogP contribution < -0.4 is 5.73 Å². The van der Waals surface area contributed by atoms with E-state index in [9.17, 15) is 0 Å². The Kier molecular flexibility index (Phi) is 3.15. The summed E-state index contributed by atoms with van der Waals surface area (Å²) in [6, 6.07) is 0. The lowest BCUT2D eigenvalue weighted by Crippen LogP contribution is -2.04. The van der Waals surface area contributed by atoms with Gasteiger partial charge in [-0.05, 0) is 25.5 Å². The lowest BCUT2D eigenvalue weighted by molar-refractivity contribution is 0.769. The first kappa shape index (κ1) is 12.0. The molecular formula is C13H20N4. The lowest BCUT2D eigenvalue weighted by Gasteiger charge is -2.07. The Balaban J connectivity index is 2.69. The Hall–Kier alpha value is -1.42. The van der Waals surface area contributed by atoms with Crippen LogP contribution in [-0.2, 0) is 13.5 Å². The molecule has 0 spiro atoms. The highest BCUT2D eigenvalue weighted by Gasteiger charge is 2.14. The molecule has 2 N–H and O–H groups in total. The Morgan fingerprint density at radius 1 is 1.35 bits per heavy atom. The predicted molar refractivity (Wildman–Crippen MR) is 70.1 cm³/mol. The maximum atomic E-state index is 5.64. The molecule has 0 aliphatic carbocycles. The highest BCUT2D eigenvalue weighted by atomic mass is 15.0. The van der Waals surface area contributed by atoms with Gasteiger partial charge in [-0.15, -0.1) is 0 Å². The Bertz CT molecular complexity index is 540. The van der Waals surface area contributed by atoms with Crippen LogP contribution in [0.2, 0.25) is 0 Å². The second-order valence-corrected chi connectivity index (χ2v) is 4.82. The SMILES string of the molecule is Cc1nc(C(C)C)nc2c1c(CCN)cn2C. The van der Waals surface area contributed by atoms with Gasteiger partial charge in [-0.25, -0.2) is 9.97 Å². The summed E-state index contributed by atoms with van der Waals surface area (Å²) in [6.07, 6.45) is 2.99. The minimum atomic E-state index is 0.353. The van der Waals surface area contributed by atoms with Gasteiger partial charge in [-0.3, -0.25) is 0 Å². The number of aryl methyl sites for hydroxylation is 2. The third-order valence-corrected chi connectivity index (χ3v) is 3.02. The van der Waals surface area contributed by atoms with Crippen LogP contribution in [0, 0.1) is 6.92 Å². The normalized spacial score (nSPS) is 11.6. The van der Waals surface area contributed by atoms with Crippen molar-refractivity contribution in [1.82, 2.24) is 14.5 Å². The number of hydrogen-bond acceptors (Lipinski definition) is 3. The van der Waals surface area contributed by atoms with Crippen LogP contribution in [-0.4, -0.2) is 21.1 Å². The van der Waals surface area contributed by atoms with Gasteiger partial charge in [0.15, 0.2) is 0 Å². The molecule has 0 saturated heterocycles. The molecule has 0 fully saturated rings. The standard InChI is InChI=1S/C13H20N4/c1-8(2)12-15-9(3)11-10(5-6-14)7-17(4)13(11)16-12/h7-8H,5-6,14H2,1-4H3. The summed E-state index contributed by atoms with van der Waals surface area (Å²) < 4.78 is 2.07. The van der Waals surface area contributed by atoms with Crippen molar-refractivity contribution in [2.24, 2.45) is 12.8 Å². The van der Waals surface area contributed by atoms with Crippen molar-refractivity contribution in [1.29, 1.82) is 0 Å². The summed E-state index contributed by atoms with van der Waals surface area (Å²) in [5, 5.41) is 1.17. The summed E-state index contributed by atoms with van der Waals surface area (Å²) in [4.78, 5) is 9.24. The number of nitrogens with zero attached hydrogens (tertiary/aromatic N) is 3. The van der Waals surface area contributed by atoms with Crippen molar-refractivity contribution in [2.45, 2.75) is 33.1 Å². The third-order valence-electron chi connectivity index (χ3n) is 3.02. The molecule has 0 saturated carbocycles. The monoisotopic (exact) mass is 232 g/mol. The fourth-order valence-corrected chi connectivity index (χ4v) is 2.17. The molecule has 4 nitrogen and oxygen atoms in total. The minimum absolute atomic E-state index is 0.353. The zero-order chi connectivity index (χ0) is 12.6. The summed E-state index contributed by atoms with van der Waals surface area (Å²) in [5.41, 5.74) is 8.96. The molecule has 92 valence electrons. The van der Waals surface area contributed by atoms with Crippen molar-refractivity contribution in [3.05, 3.63) is 23.3 Å². The van der Waals surface area contributed by atoms with Crippen LogP contribution in [0.4, 0.5) is 0 Å². The zero-order valence-electron chi connectivity index (χ0n) is 11.0. The molecule has 2 rings (SSSR count). The molecule has 4 heteroatoms. The Labute approximate surface area is 102 Å². The molecule has 17 heavy (non-hydrogen) atoms. The van der Waals surface area contributed by atoms with Gasteiger partial charge in [0.1, 0.15) is 11.5 Å². The highest BCUT2D eigenvalue weighted by Crippen LogP contribution is 2.24. The molecule has 0 amide bonds. The first-order chi connectivity index (χ1) is 8.04. The van der Waals surface area contributed by atoms with E-state index in [0.717, 1.165) is 23.6 Å². The van der Waals surface area contributed by atoms with Gasteiger partial charge in [0.2, 0.25) is 0 Å². The molecule has 2 aromatic heterocycles. The fraction of sp³-hybridized carbons (Fsp3) is 0.538. The molecule has 2 aromatic rings. The number of fused-ring (bicyclic) bond motifs is 1. The second-order valence-electron chi connectivity index (χ2n) is 4.82. The Morgan fingerprint density at radius 3 is 2.65 bits per heavy atom. The van der Waals surface area contributed by atoms with Crippen molar-refractivity contribution in [3.8, 4) is 0 Å². The molecule has 0 aromatic carbocycles. The quantitative estimate of drug-likeness (QED) is 0.879. The van der Waals surface area contributed by atoms with E-state index in [0.29, 0.717) is 12.5 Å². The zero-order valence-corrected chi connectivity index (χ0v) is 11.0. The molecule has 0 unspecified atom stereocenters. The van der Waals surface area contributed by atoms with Crippen molar-refractivity contribution in [2.75, 3.05) is 6.54 Å². The Morgan fingerprint density at radius 2 is 2.06 bits per heavy atom. The van der Waals surface area contributed by atoms with E-state index >= 15 is 0 Å². The largest absolute Gasteiger partial charge is 0.335 e. The number of aromatic nitrogens is 3. The second kappa shape index (κ2) is 4.45. The van der Waals surface area contributed by atoms with E-state index in [-0.39, 0.29) is 0 Å². The van der Waals surface area contributed by atoms with Gasteiger partial charge >= 0.3 is 0 Å². The topological polar surface area (TPSA) is 56.7 Å². The van der Waals surface area contributed by atoms with Crippen LogP contribution >= 0.6 is 0 Å². The molecule has 0 aliphatic heterocycles. The van der Waals surface area contributed by atoms with E-state index in [1.165, 1.54) is 10.9 Å². The van der Waals surface area contributed by atoms with Crippen molar-refractivity contribution < 1.29 is 0 Å². The smallest absolute Gasteiger partial charge is 0.143 e. The predicted octanol–water partition coefficient (Wildman–Crippen LogP) is 1.90. The minimum Gasteiger partial charge on any atom is -0.335 e. The maximum absolute atomic E-state index is 5.64. The van der Waals surface area contributed by atoms with E-state index in [4.69, 9.17) is 5.73 Å². The van der Waals surface area contributed by atoms with Gasteiger partial charge < -0.3 is 10.3 Å². The van der Waals surface area contributed by atoms with Gasteiger partial charge in [-0.1, -0.05) is 13.8 Å². The first-order valence-corrected chi connectivity index (χ1v) is 6.07. The molecule has 0 aliphatic rings. The first-order valence-electron chi connectivity index (χ1n) is 6.07. The van der Waals surface area contributed by atoms with Crippen LogP contribution in [0.1, 0.15) is 36.8 Å². The number of hydrogen-bond donors (Lipinski definition) is 1. The fourth-order valence-electron chi connectivity index (χ4n) is 2.17. The summed E-state index contributed by atoms with van der Waals surface area (Å²) in [7, 11) is 2.03. The van der Waals surface area contributed by atoms with Gasteiger partial charge in [0, 0.05) is 24.5 Å². The van der Waals surface area contributed by atoms with Crippen molar-refractivity contribution >= 4 is 11.0 Å². The lowest BCUT2D eigenvalue weighted by atomic mass is 10.1. The molecular weight excluding hydrogens is 212 g/mol. The van der Waals surface area contributed by atoms with E-state index < -0.39 is 0 Å². The number of nitrogens with two attached hydrogens (primary N) is 1. The van der Waals surface area contributed by atoms with Gasteiger partial charge in [0.05, 0.1) is 5.69 Å². The third kappa shape index (κ3) is 2.05. The molecule has 0 atom stereocenters. The molecule has 0 bridgehead atoms. The average molecular weight is 232 g/mol. The molecule has 2 heterocycles. The van der Waals surface area contributed by atoms with Gasteiger partial charge in [-0.2, -0.15) is 0 Å².